The molecule has 1 nitrogen and oxygen atoms in total. The molecule has 0 unspecified atom stereocenters. The molecule has 1 aliphatic rings. The van der Waals surface area contributed by atoms with Gasteiger partial charge in [0.25, 0.3) is 0 Å². The van der Waals surface area contributed by atoms with Crippen molar-refractivity contribution in [1.82, 2.24) is 0 Å². The van der Waals surface area contributed by atoms with E-state index in [1.807, 2.05) is 18.2 Å². The summed E-state index contributed by atoms with van der Waals surface area (Å²) in [7, 11) is 0. The van der Waals surface area contributed by atoms with E-state index in [9.17, 15) is 0 Å². The van der Waals surface area contributed by atoms with Crippen LogP contribution in [0.25, 0.3) is 0 Å². The van der Waals surface area contributed by atoms with Gasteiger partial charge in [0.1, 0.15) is 0 Å². The monoisotopic (exact) mass is 197 g/mol. The van der Waals surface area contributed by atoms with Gasteiger partial charge in [0.05, 0.1) is 6.61 Å². The quantitative estimate of drug-likeness (QED) is 0.631. The molecule has 2 heteroatoms. The Balaban J connectivity index is 2.32. The molecule has 1 aromatic carbocycles. The molecule has 0 N–H and O–H groups in total. The standard InChI is InChI=1S/C8H6BrO/c9-7-3-1-2-6(4-7)8-5-10-8/h1-4H,5H2. The molecule has 2 rings (SSSR count). The second kappa shape index (κ2) is 2.36. The molecular formula is C8H6BrO. The summed E-state index contributed by atoms with van der Waals surface area (Å²) in [4.78, 5) is 0. The molecular weight excluding hydrogens is 192 g/mol. The van der Waals surface area contributed by atoms with Gasteiger partial charge < -0.3 is 4.74 Å². The fraction of sp³-hybridized carbons (Fsp3) is 0.125. The lowest BCUT2D eigenvalue weighted by Crippen LogP contribution is -1.78. The van der Waals surface area contributed by atoms with Crippen LogP contribution < -0.4 is 0 Å². The number of ether oxygens (including phenoxy) is 1. The van der Waals surface area contributed by atoms with Crippen molar-refractivity contribution in [3.05, 3.63) is 40.4 Å². The van der Waals surface area contributed by atoms with Crippen LogP contribution >= 0.6 is 15.9 Å². The Hall–Kier alpha value is -0.340. The van der Waals surface area contributed by atoms with Gasteiger partial charge in [0, 0.05) is 4.47 Å². The van der Waals surface area contributed by atoms with Gasteiger partial charge in [0.2, 0.25) is 0 Å². The zero-order valence-electron chi connectivity index (χ0n) is 5.30. The summed E-state index contributed by atoms with van der Waals surface area (Å²) >= 11 is 3.39. The van der Waals surface area contributed by atoms with E-state index < -0.39 is 0 Å². The minimum Gasteiger partial charge on any atom is -0.361 e. The summed E-state index contributed by atoms with van der Waals surface area (Å²) in [5.74, 6) is 0. The molecule has 1 fully saturated rings. The van der Waals surface area contributed by atoms with Crippen LogP contribution in [0.2, 0.25) is 0 Å². The third kappa shape index (κ3) is 1.22. The SMILES string of the molecule is Brc1cccc([C]2CO2)c1. The maximum absolute atomic E-state index is 5.05. The third-order valence-corrected chi connectivity index (χ3v) is 1.93. The van der Waals surface area contributed by atoms with Crippen LogP contribution in [0.15, 0.2) is 28.7 Å². The Kier molecular flexibility index (Phi) is 1.51. The van der Waals surface area contributed by atoms with Gasteiger partial charge in [-0.25, -0.2) is 0 Å². The average molecular weight is 198 g/mol. The third-order valence-electron chi connectivity index (χ3n) is 1.44. The molecule has 10 heavy (non-hydrogen) atoms. The minimum absolute atomic E-state index is 0.802. The molecule has 0 bridgehead atoms. The van der Waals surface area contributed by atoms with Gasteiger partial charge in [-0.1, -0.05) is 28.1 Å². The number of halogens is 1. The molecule has 1 heterocycles. The van der Waals surface area contributed by atoms with Gasteiger partial charge in [-0.05, 0) is 17.7 Å². The van der Waals surface area contributed by atoms with Crippen molar-refractivity contribution >= 4 is 15.9 Å². The van der Waals surface area contributed by atoms with E-state index in [0.29, 0.717) is 0 Å². The van der Waals surface area contributed by atoms with Crippen LogP contribution in [-0.4, -0.2) is 6.61 Å². The summed E-state index contributed by atoms with van der Waals surface area (Å²) in [5.41, 5.74) is 1.19. The molecule has 0 atom stereocenters. The Morgan fingerprint density at radius 3 is 2.80 bits per heavy atom. The van der Waals surface area contributed by atoms with E-state index >= 15 is 0 Å². The zero-order valence-corrected chi connectivity index (χ0v) is 6.89. The van der Waals surface area contributed by atoms with Crippen molar-refractivity contribution in [3.8, 4) is 0 Å². The Bertz CT molecular complexity index is 243. The summed E-state index contributed by atoms with van der Waals surface area (Å²) in [6.45, 7) is 0.802. The molecule has 0 spiro atoms. The van der Waals surface area contributed by atoms with Crippen molar-refractivity contribution in [2.75, 3.05) is 6.61 Å². The average Bonchev–Trinajstić information content (AvgIpc) is 2.68. The first-order chi connectivity index (χ1) is 4.86. The lowest BCUT2D eigenvalue weighted by Gasteiger charge is -1.93. The summed E-state index contributed by atoms with van der Waals surface area (Å²) in [5, 5.41) is 0. The maximum Gasteiger partial charge on any atom is 0.152 e. The fourth-order valence-corrected chi connectivity index (χ4v) is 1.26. The van der Waals surface area contributed by atoms with Gasteiger partial charge in [-0.3, -0.25) is 0 Å². The van der Waals surface area contributed by atoms with E-state index in [4.69, 9.17) is 4.74 Å². The van der Waals surface area contributed by atoms with Crippen LogP contribution in [0.4, 0.5) is 0 Å². The van der Waals surface area contributed by atoms with Crippen LogP contribution in [-0.2, 0) is 4.74 Å². The highest BCUT2D eigenvalue weighted by atomic mass is 79.9. The zero-order chi connectivity index (χ0) is 6.97. The van der Waals surface area contributed by atoms with Crippen LogP contribution in [0, 0.1) is 6.10 Å². The van der Waals surface area contributed by atoms with Crippen molar-refractivity contribution < 1.29 is 4.74 Å². The highest BCUT2D eigenvalue weighted by molar-refractivity contribution is 9.10. The predicted octanol–water partition coefficient (Wildman–Crippen LogP) is 2.36. The smallest absolute Gasteiger partial charge is 0.152 e. The summed E-state index contributed by atoms with van der Waals surface area (Å²) in [6.07, 6.45) is 1.10. The summed E-state index contributed by atoms with van der Waals surface area (Å²) < 4.78 is 6.15. The first kappa shape index (κ1) is 6.38. The Morgan fingerprint density at radius 1 is 1.40 bits per heavy atom. The highest BCUT2D eigenvalue weighted by Crippen LogP contribution is 2.29. The predicted molar refractivity (Wildman–Crippen MR) is 42.4 cm³/mol. The van der Waals surface area contributed by atoms with Crippen molar-refractivity contribution in [1.29, 1.82) is 0 Å². The normalized spacial score (nSPS) is 17.3. The number of hydrogen-bond donors (Lipinski definition) is 0. The molecule has 0 aromatic heterocycles. The van der Waals surface area contributed by atoms with Crippen molar-refractivity contribution in [2.24, 2.45) is 0 Å². The lowest BCUT2D eigenvalue weighted by molar-refractivity contribution is 0.482. The van der Waals surface area contributed by atoms with E-state index in [2.05, 4.69) is 22.0 Å². The first-order valence-corrected chi connectivity index (χ1v) is 3.90. The Morgan fingerprint density at radius 2 is 2.20 bits per heavy atom. The van der Waals surface area contributed by atoms with Gasteiger partial charge in [-0.2, -0.15) is 0 Å². The minimum atomic E-state index is 0.802. The van der Waals surface area contributed by atoms with E-state index in [1.165, 1.54) is 5.56 Å². The van der Waals surface area contributed by atoms with Gasteiger partial charge in [-0.15, -0.1) is 0 Å². The molecule has 0 saturated carbocycles. The summed E-state index contributed by atoms with van der Waals surface area (Å²) in [6, 6.07) is 8.12. The fourth-order valence-electron chi connectivity index (χ4n) is 0.865. The number of hydrogen-bond acceptors (Lipinski definition) is 1. The van der Waals surface area contributed by atoms with Crippen LogP contribution in [0.1, 0.15) is 5.56 Å². The maximum atomic E-state index is 5.05. The first-order valence-electron chi connectivity index (χ1n) is 3.11. The number of epoxide rings is 1. The molecule has 1 radical (unpaired) electrons. The highest BCUT2D eigenvalue weighted by Gasteiger charge is 2.26. The number of rotatable bonds is 1. The molecule has 0 amide bonds. The second-order valence-corrected chi connectivity index (χ2v) is 3.14. The van der Waals surface area contributed by atoms with Gasteiger partial charge in [0.15, 0.2) is 6.10 Å². The molecule has 1 aromatic rings. The molecule has 1 saturated heterocycles. The molecule has 51 valence electrons. The van der Waals surface area contributed by atoms with Gasteiger partial charge >= 0.3 is 0 Å². The molecule has 1 aliphatic heterocycles. The van der Waals surface area contributed by atoms with Crippen molar-refractivity contribution in [2.45, 2.75) is 0 Å². The van der Waals surface area contributed by atoms with Crippen molar-refractivity contribution in [3.63, 3.8) is 0 Å². The Labute approximate surface area is 68.1 Å². The lowest BCUT2D eigenvalue weighted by atomic mass is 10.2. The largest absolute Gasteiger partial charge is 0.361 e. The van der Waals surface area contributed by atoms with Crippen LogP contribution in [0.5, 0.6) is 0 Å². The van der Waals surface area contributed by atoms with E-state index in [-0.39, 0.29) is 0 Å². The number of benzene rings is 1. The van der Waals surface area contributed by atoms with E-state index in [1.54, 1.807) is 0 Å². The van der Waals surface area contributed by atoms with E-state index in [0.717, 1.165) is 17.2 Å². The molecule has 0 aliphatic carbocycles. The van der Waals surface area contributed by atoms with Crippen LogP contribution in [0.3, 0.4) is 0 Å². The topological polar surface area (TPSA) is 12.5 Å². The second-order valence-electron chi connectivity index (χ2n) is 2.22.